The van der Waals surface area contributed by atoms with Gasteiger partial charge in [0.2, 0.25) is 11.8 Å². The van der Waals surface area contributed by atoms with Gasteiger partial charge in [0, 0.05) is 30.6 Å². The van der Waals surface area contributed by atoms with E-state index in [4.69, 9.17) is 14.2 Å². The predicted octanol–water partition coefficient (Wildman–Crippen LogP) is 5.60. The van der Waals surface area contributed by atoms with Crippen LogP contribution >= 0.6 is 0 Å². The van der Waals surface area contributed by atoms with E-state index in [1.54, 1.807) is 32.0 Å². The van der Waals surface area contributed by atoms with E-state index < -0.39 is 40.2 Å². The van der Waals surface area contributed by atoms with E-state index in [-0.39, 0.29) is 40.9 Å². The molecule has 4 aromatic rings. The minimum Gasteiger partial charge on any atom is -0.494 e. The number of methoxy groups -OCH3 is 2. The maximum atomic E-state index is 15.1. The highest BCUT2D eigenvalue weighted by Gasteiger charge is 2.35. The molecule has 0 saturated carbocycles. The highest BCUT2D eigenvalue weighted by Crippen LogP contribution is 2.33. The number of hydrogen-bond acceptors (Lipinski definition) is 7. The summed E-state index contributed by atoms with van der Waals surface area (Å²) in [5.41, 5.74) is 1.10. The highest BCUT2D eigenvalue weighted by atomic mass is 32.2. The molecular weight excluding hydrogens is 649 g/mol. The number of nitrogens with zero attached hydrogens (tertiary/aromatic N) is 2. The molecule has 0 aliphatic carbocycles. The summed E-state index contributed by atoms with van der Waals surface area (Å²) in [7, 11) is -1.62. The van der Waals surface area contributed by atoms with Crippen molar-refractivity contribution in [1.29, 1.82) is 0 Å². The molecule has 0 saturated heterocycles. The minimum absolute atomic E-state index is 0.102. The molecule has 0 spiro atoms. The van der Waals surface area contributed by atoms with Gasteiger partial charge in [0.15, 0.2) is 11.5 Å². The number of halogens is 1. The monoisotopic (exact) mass is 691 g/mol. The van der Waals surface area contributed by atoms with Crippen LogP contribution in [0.3, 0.4) is 0 Å². The van der Waals surface area contributed by atoms with Gasteiger partial charge in [-0.25, -0.2) is 12.8 Å². The molecule has 1 N–H and O–H groups in total. The van der Waals surface area contributed by atoms with Gasteiger partial charge < -0.3 is 24.4 Å². The van der Waals surface area contributed by atoms with Crippen molar-refractivity contribution in [3.05, 3.63) is 114 Å². The molecular formula is C37H42FN3O7S. The maximum Gasteiger partial charge on any atom is 0.264 e. The van der Waals surface area contributed by atoms with E-state index in [1.165, 1.54) is 67.7 Å². The highest BCUT2D eigenvalue weighted by molar-refractivity contribution is 7.92. The van der Waals surface area contributed by atoms with Crippen LogP contribution in [0.2, 0.25) is 0 Å². The Morgan fingerprint density at radius 1 is 0.857 bits per heavy atom. The van der Waals surface area contributed by atoms with Gasteiger partial charge in [0.1, 0.15) is 24.2 Å². The summed E-state index contributed by atoms with van der Waals surface area (Å²) in [6.07, 6.45) is 0.102. The average Bonchev–Trinajstić information content (AvgIpc) is 3.09. The fraction of sp³-hybridized carbons (Fsp3) is 0.297. The van der Waals surface area contributed by atoms with Gasteiger partial charge in [0.05, 0.1) is 31.4 Å². The lowest BCUT2D eigenvalue weighted by atomic mass is 10.0. The number of ether oxygens (including phenoxy) is 3. The predicted molar refractivity (Wildman–Crippen MR) is 186 cm³/mol. The van der Waals surface area contributed by atoms with Crippen LogP contribution in [0, 0.1) is 5.82 Å². The molecule has 4 aromatic carbocycles. The van der Waals surface area contributed by atoms with Crippen LogP contribution < -0.4 is 23.8 Å². The standard InChI is InChI=1S/C37H42FN3O7S/c1-6-48-30-18-16-29(17-19-30)41(49(44,45)31-20-21-34(46-4)35(23-31)47-5)25-36(42)40(24-28-14-10-11-15-32(28)38)33(37(43)39-26(2)3)22-27-12-8-7-9-13-27/h7-21,23,26,33H,6,22,24-25H2,1-5H3,(H,39,43). The van der Waals surface area contributed by atoms with Crippen LogP contribution in [-0.2, 0) is 32.6 Å². The quantitative estimate of drug-likeness (QED) is 0.163. The molecule has 10 nitrogen and oxygen atoms in total. The number of anilines is 1. The van der Waals surface area contributed by atoms with Crippen molar-refractivity contribution >= 4 is 27.5 Å². The number of carbonyl (C=O) groups excluding carboxylic acids is 2. The van der Waals surface area contributed by atoms with Gasteiger partial charge in [0.25, 0.3) is 10.0 Å². The molecule has 1 unspecified atom stereocenters. The summed E-state index contributed by atoms with van der Waals surface area (Å²) >= 11 is 0. The molecule has 0 heterocycles. The van der Waals surface area contributed by atoms with Crippen molar-refractivity contribution in [1.82, 2.24) is 10.2 Å². The average molecular weight is 692 g/mol. The molecule has 2 amide bonds. The van der Waals surface area contributed by atoms with E-state index in [2.05, 4.69) is 5.32 Å². The third-order valence-corrected chi connectivity index (χ3v) is 9.43. The van der Waals surface area contributed by atoms with Crippen molar-refractivity contribution in [2.24, 2.45) is 0 Å². The van der Waals surface area contributed by atoms with Crippen LogP contribution in [0.4, 0.5) is 10.1 Å². The normalized spacial score (nSPS) is 11.8. The second-order valence-electron chi connectivity index (χ2n) is 11.4. The molecule has 49 heavy (non-hydrogen) atoms. The van der Waals surface area contributed by atoms with E-state index in [1.807, 2.05) is 37.3 Å². The SMILES string of the molecule is CCOc1ccc(N(CC(=O)N(Cc2ccccc2F)C(Cc2ccccc2)C(=O)NC(C)C)S(=O)(=O)c2ccc(OC)c(OC)c2)cc1. The zero-order chi connectivity index (χ0) is 35.6. The lowest BCUT2D eigenvalue weighted by Gasteiger charge is -2.34. The van der Waals surface area contributed by atoms with Crippen LogP contribution in [0.25, 0.3) is 0 Å². The number of amides is 2. The van der Waals surface area contributed by atoms with Crippen molar-refractivity contribution in [3.8, 4) is 17.2 Å². The fourth-order valence-electron chi connectivity index (χ4n) is 5.25. The molecule has 0 aromatic heterocycles. The first-order valence-corrected chi connectivity index (χ1v) is 17.3. The molecule has 0 radical (unpaired) electrons. The van der Waals surface area contributed by atoms with E-state index in [0.717, 1.165) is 9.87 Å². The number of sulfonamides is 1. The number of benzene rings is 4. The van der Waals surface area contributed by atoms with Gasteiger partial charge in [-0.2, -0.15) is 0 Å². The first-order valence-electron chi connectivity index (χ1n) is 15.8. The van der Waals surface area contributed by atoms with E-state index in [9.17, 15) is 18.0 Å². The zero-order valence-electron chi connectivity index (χ0n) is 28.3. The third-order valence-electron chi connectivity index (χ3n) is 7.66. The maximum absolute atomic E-state index is 15.1. The second-order valence-corrected chi connectivity index (χ2v) is 13.3. The summed E-state index contributed by atoms with van der Waals surface area (Å²) in [4.78, 5) is 29.5. The van der Waals surface area contributed by atoms with E-state index in [0.29, 0.717) is 18.1 Å². The van der Waals surface area contributed by atoms with Crippen LogP contribution in [0.15, 0.2) is 102 Å². The first kappa shape index (κ1) is 36.7. The van der Waals surface area contributed by atoms with Gasteiger partial charge in [-0.05, 0) is 68.8 Å². The zero-order valence-corrected chi connectivity index (χ0v) is 29.1. The Balaban J connectivity index is 1.84. The van der Waals surface area contributed by atoms with Crippen molar-refractivity contribution < 1.29 is 36.6 Å². The lowest BCUT2D eigenvalue weighted by molar-refractivity contribution is -0.140. The van der Waals surface area contributed by atoms with Gasteiger partial charge >= 0.3 is 0 Å². The summed E-state index contributed by atoms with van der Waals surface area (Å²) in [5.74, 6) is -0.739. The molecule has 1 atom stereocenters. The fourth-order valence-corrected chi connectivity index (χ4v) is 6.68. The largest absolute Gasteiger partial charge is 0.494 e. The Morgan fingerprint density at radius 2 is 1.51 bits per heavy atom. The summed E-state index contributed by atoms with van der Waals surface area (Å²) in [6.45, 7) is 4.82. The second kappa shape index (κ2) is 16.8. The van der Waals surface area contributed by atoms with Gasteiger partial charge in [-0.1, -0.05) is 48.5 Å². The first-order chi connectivity index (χ1) is 23.5. The molecule has 260 valence electrons. The van der Waals surface area contributed by atoms with E-state index >= 15 is 4.39 Å². The number of nitrogens with one attached hydrogen (secondary N) is 1. The number of carbonyl (C=O) groups is 2. The molecule has 12 heteroatoms. The Bertz CT molecular complexity index is 1820. The summed E-state index contributed by atoms with van der Waals surface area (Å²) < 4.78 is 61.1. The van der Waals surface area contributed by atoms with Crippen LogP contribution in [-0.4, -0.2) is 64.6 Å². The number of rotatable bonds is 16. The smallest absolute Gasteiger partial charge is 0.264 e. The molecule has 4 rings (SSSR count). The Kier molecular flexibility index (Phi) is 12.6. The Morgan fingerprint density at radius 3 is 2.12 bits per heavy atom. The summed E-state index contributed by atoms with van der Waals surface area (Å²) in [6, 6.07) is 24.1. The van der Waals surface area contributed by atoms with Crippen molar-refractivity contribution in [3.63, 3.8) is 0 Å². The molecule has 0 aliphatic rings. The number of hydrogen-bond donors (Lipinski definition) is 1. The molecule has 0 fully saturated rings. The summed E-state index contributed by atoms with van der Waals surface area (Å²) in [5, 5.41) is 2.88. The topological polar surface area (TPSA) is 114 Å². The minimum atomic E-state index is -4.44. The Labute approximate surface area is 287 Å². The van der Waals surface area contributed by atoms with Gasteiger partial charge in [-0.15, -0.1) is 0 Å². The van der Waals surface area contributed by atoms with Crippen LogP contribution in [0.5, 0.6) is 17.2 Å². The Hall–Kier alpha value is -5.10. The van der Waals surface area contributed by atoms with Gasteiger partial charge in [-0.3, -0.25) is 13.9 Å². The third kappa shape index (κ3) is 9.29. The molecule has 0 aliphatic heterocycles. The lowest BCUT2D eigenvalue weighted by Crippen LogP contribution is -2.54. The molecule has 0 bridgehead atoms. The van der Waals surface area contributed by atoms with Crippen molar-refractivity contribution in [2.75, 3.05) is 31.7 Å². The van der Waals surface area contributed by atoms with Crippen molar-refractivity contribution in [2.45, 2.75) is 50.7 Å². The van der Waals surface area contributed by atoms with Crippen LogP contribution in [0.1, 0.15) is 31.9 Å².